The minimum atomic E-state index is 0. The van der Waals surface area contributed by atoms with Crippen LogP contribution in [0.1, 0.15) is 0 Å². The van der Waals surface area contributed by atoms with Gasteiger partial charge >= 0.3 is 0 Å². The monoisotopic (exact) mass is 81.0 g/mol. The van der Waals surface area contributed by atoms with Crippen molar-refractivity contribution in [3.8, 4) is 0 Å². The number of hydrogen-bond acceptors (Lipinski definition) is 3. The van der Waals surface area contributed by atoms with Gasteiger partial charge in [-0.2, -0.15) is 0 Å². The lowest BCUT2D eigenvalue weighted by Gasteiger charge is -0.577. The molecule has 0 unspecified atom stereocenters. The molecule has 4 heavy (non-hydrogen) atoms. The maximum Gasteiger partial charge on any atom is 0 e. The summed E-state index contributed by atoms with van der Waals surface area (Å²) >= 11 is 0. The van der Waals surface area contributed by atoms with Crippen molar-refractivity contribution in [1.82, 2.24) is 6.15 Å². The summed E-state index contributed by atoms with van der Waals surface area (Å²) in [7, 11) is 0. The summed E-state index contributed by atoms with van der Waals surface area (Å²) < 4.78 is 0. The summed E-state index contributed by atoms with van der Waals surface area (Å²) in [6.07, 6.45) is 0. The van der Waals surface area contributed by atoms with E-state index in [1.54, 1.807) is 0 Å². The smallest absolute Gasteiger partial charge is 0 e. The topological polar surface area (TPSA) is 82.6 Å². The van der Waals surface area contributed by atoms with Crippen LogP contribution in [0.15, 0.2) is 0 Å². The second-order valence-electron chi connectivity index (χ2n) is 0. The van der Waals surface area contributed by atoms with E-state index in [0.717, 1.165) is 0 Å². The highest BCUT2D eigenvalue weighted by molar-refractivity contribution is 5.85. The summed E-state index contributed by atoms with van der Waals surface area (Å²) in [5.74, 6) is 0. The molecule has 0 bridgehead atoms. The Morgan fingerprint density at radius 3 is 1.00 bits per heavy atom. The van der Waals surface area contributed by atoms with Crippen LogP contribution in [0.2, 0.25) is 0 Å². The van der Waals surface area contributed by atoms with E-state index in [2.05, 4.69) is 0 Å². The highest BCUT2D eigenvalue weighted by atomic mass is 35.5. The number of halogens is 1. The quantitative estimate of drug-likeness (QED) is 0.434. The lowest BCUT2D eigenvalue weighted by atomic mass is 13.4. The predicted molar refractivity (Wildman–Crippen MR) is 15.7 cm³/mol. The molecule has 0 rings (SSSR count). The van der Waals surface area contributed by atoms with Gasteiger partial charge in [-0.25, -0.2) is 0 Å². The van der Waals surface area contributed by atoms with E-state index < -0.39 is 0 Å². The molecule has 0 heterocycles. The molecule has 0 spiro atoms. The van der Waals surface area contributed by atoms with Crippen LogP contribution in [0.3, 0.4) is 0 Å². The van der Waals surface area contributed by atoms with Gasteiger partial charge in [0.25, 0.3) is 0 Å². The molecular weight excluding hydrogens is 77.5 g/mol. The second kappa shape index (κ2) is 68.4. The van der Waals surface area contributed by atoms with Gasteiger partial charge in [0.15, 0.2) is 0 Å². The SMILES string of the molecule is Cl.N.N#N. The number of nitrogens with zero attached hydrogens (tertiary/aromatic N) is 2. The Morgan fingerprint density at radius 1 is 1.00 bits per heavy atom. The molecule has 26 valence electrons. The van der Waals surface area contributed by atoms with Crippen molar-refractivity contribution in [2.75, 3.05) is 0 Å². The Morgan fingerprint density at radius 2 is 1.00 bits per heavy atom. The average molecular weight is 81.5 g/mol. The van der Waals surface area contributed by atoms with Crippen molar-refractivity contribution in [3.63, 3.8) is 0 Å². The largest absolute Gasteiger partial charge is 0.344 e. The standard InChI is InChI=1S/ClH.N2.H3N/c;1-2;/h1H;;1H3. The molecule has 0 atom stereocenters. The Bertz CT molecular complexity index is 8.00. The maximum absolute atomic E-state index is 6.00. The second-order valence-corrected chi connectivity index (χ2v) is 0. The van der Waals surface area contributed by atoms with E-state index in [-0.39, 0.29) is 18.6 Å². The minimum Gasteiger partial charge on any atom is -0.344 e. The van der Waals surface area contributed by atoms with Crippen molar-refractivity contribution in [2.24, 2.45) is 0 Å². The van der Waals surface area contributed by atoms with Gasteiger partial charge in [0.1, 0.15) is 0 Å². The van der Waals surface area contributed by atoms with Crippen LogP contribution < -0.4 is 6.15 Å². The third kappa shape index (κ3) is 6.88. The molecule has 0 aliphatic carbocycles. The first-order valence-electron chi connectivity index (χ1n) is 0.200. The lowest BCUT2D eigenvalue weighted by Crippen LogP contribution is -0.562. The summed E-state index contributed by atoms with van der Waals surface area (Å²) in [4.78, 5) is 0. The van der Waals surface area contributed by atoms with Crippen molar-refractivity contribution in [1.29, 1.82) is 10.8 Å². The van der Waals surface area contributed by atoms with Gasteiger partial charge in [0.2, 0.25) is 0 Å². The first kappa shape index (κ1) is 58.3. The summed E-state index contributed by atoms with van der Waals surface area (Å²) in [5, 5.41) is 12.0. The van der Waals surface area contributed by atoms with Crippen molar-refractivity contribution in [3.05, 3.63) is 0 Å². The molecule has 3 N–H and O–H groups in total. The van der Waals surface area contributed by atoms with Gasteiger partial charge in [-0.15, -0.1) is 12.4 Å². The van der Waals surface area contributed by atoms with Crippen molar-refractivity contribution in [2.45, 2.75) is 0 Å². The average Bonchev–Trinajstić information content (AvgIpc) is 1.00. The van der Waals surface area contributed by atoms with E-state index in [4.69, 9.17) is 10.8 Å². The number of hydrogen-bond donors (Lipinski definition) is 1. The van der Waals surface area contributed by atoms with Crippen LogP contribution in [-0.2, 0) is 0 Å². The zero-order valence-corrected chi connectivity index (χ0v) is 2.83. The Balaban J connectivity index is -0.00000000500. The molecule has 0 radical (unpaired) electrons. The maximum atomic E-state index is 6.00. The fourth-order valence-corrected chi connectivity index (χ4v) is 0. The van der Waals surface area contributed by atoms with E-state index >= 15 is 0 Å². The molecule has 0 aliphatic rings. The molecule has 0 saturated heterocycles. The molecule has 0 fully saturated rings. The first-order chi connectivity index (χ1) is 1.00. The molecule has 0 saturated carbocycles. The van der Waals surface area contributed by atoms with Gasteiger partial charge in [-0.3, -0.25) is 0 Å². The Labute approximate surface area is 30.4 Å². The summed E-state index contributed by atoms with van der Waals surface area (Å²) in [5.41, 5.74) is 0. The van der Waals surface area contributed by atoms with Crippen LogP contribution in [0.4, 0.5) is 0 Å². The number of rotatable bonds is 0. The zero-order chi connectivity index (χ0) is 2.00. The zero-order valence-electron chi connectivity index (χ0n) is 2.01. The normalized spacial score (nSPS) is 0.500. The van der Waals surface area contributed by atoms with E-state index in [9.17, 15) is 0 Å². The highest BCUT2D eigenvalue weighted by Crippen LogP contribution is 0.690. The van der Waals surface area contributed by atoms with Crippen LogP contribution in [0.5, 0.6) is 0 Å². The summed E-state index contributed by atoms with van der Waals surface area (Å²) in [6, 6.07) is 0. The molecule has 0 aromatic rings. The molecule has 0 aliphatic heterocycles. The molecule has 0 amide bonds. The van der Waals surface area contributed by atoms with Crippen LogP contribution in [-0.4, -0.2) is 0 Å². The molecule has 3 nitrogen and oxygen atoms in total. The van der Waals surface area contributed by atoms with Gasteiger partial charge in [-0.05, 0) is 0 Å². The fraction of sp³-hybridized carbons (Fsp3) is 0. The molecule has 4 heteroatoms. The first-order valence-corrected chi connectivity index (χ1v) is 0.200. The predicted octanol–water partition coefficient (Wildman–Crippen LogP) is 0.614. The highest BCUT2D eigenvalue weighted by Gasteiger charge is 0.577. The van der Waals surface area contributed by atoms with Gasteiger partial charge in [-0.1, -0.05) is 0 Å². The molecule has 0 aromatic heterocycles. The molecular formula is H4ClN3. The van der Waals surface area contributed by atoms with Crippen LogP contribution in [0, 0.1) is 10.8 Å². The third-order valence-electron chi connectivity index (χ3n) is 0. The van der Waals surface area contributed by atoms with E-state index in [1.807, 2.05) is 0 Å². The van der Waals surface area contributed by atoms with E-state index in [1.165, 1.54) is 0 Å². The van der Waals surface area contributed by atoms with Gasteiger partial charge < -0.3 is 6.15 Å². The third-order valence-corrected chi connectivity index (χ3v) is 0. The lowest BCUT2D eigenvalue weighted by molar-refractivity contribution is 1.15. The van der Waals surface area contributed by atoms with Crippen molar-refractivity contribution >= 4 is 12.4 Å². The Kier molecular flexibility index (Phi) is 996. The van der Waals surface area contributed by atoms with Crippen LogP contribution >= 0.6 is 12.4 Å². The van der Waals surface area contributed by atoms with Crippen molar-refractivity contribution < 1.29 is 0 Å². The minimum absolute atomic E-state index is 0. The van der Waals surface area contributed by atoms with E-state index in [0.29, 0.717) is 0 Å². The van der Waals surface area contributed by atoms with Gasteiger partial charge in [0, 0.05) is 10.8 Å². The molecule has 0 aromatic carbocycles. The fourth-order valence-electron chi connectivity index (χ4n) is 0. The Hall–Kier alpha value is -0.330. The summed E-state index contributed by atoms with van der Waals surface area (Å²) in [6.45, 7) is 0. The van der Waals surface area contributed by atoms with Crippen LogP contribution in [0.25, 0.3) is 0 Å². The van der Waals surface area contributed by atoms with Gasteiger partial charge in [0.05, 0.1) is 0 Å².